The van der Waals surface area contributed by atoms with Gasteiger partial charge in [0.1, 0.15) is 23.3 Å². The third kappa shape index (κ3) is 3.73. The van der Waals surface area contributed by atoms with E-state index in [9.17, 15) is 14.7 Å². The van der Waals surface area contributed by atoms with Crippen molar-refractivity contribution < 1.29 is 33.3 Å². The summed E-state index contributed by atoms with van der Waals surface area (Å²) in [6, 6.07) is 13.1. The molecule has 1 aromatic heterocycles. The highest BCUT2D eigenvalue weighted by molar-refractivity contribution is 5.90. The monoisotopic (exact) mass is 474 g/mol. The molecule has 0 bridgehead atoms. The predicted octanol–water partition coefficient (Wildman–Crippen LogP) is 4.63. The van der Waals surface area contributed by atoms with Crippen LogP contribution in [0.3, 0.4) is 0 Å². The van der Waals surface area contributed by atoms with Gasteiger partial charge in [0.2, 0.25) is 11.2 Å². The molecule has 4 aromatic rings. The molecule has 0 aliphatic carbocycles. The molecule has 1 atom stereocenters. The number of phenols is 1. The largest absolute Gasteiger partial charge is 0.508 e. The van der Waals surface area contributed by atoms with Crippen LogP contribution in [-0.2, 0) is 4.79 Å². The van der Waals surface area contributed by atoms with Crippen molar-refractivity contribution in [2.24, 2.45) is 0 Å². The number of carbonyl (C=O) groups excluding carboxylic acids is 1. The van der Waals surface area contributed by atoms with Gasteiger partial charge in [0.05, 0.1) is 38.7 Å². The maximum atomic E-state index is 13.4. The summed E-state index contributed by atoms with van der Waals surface area (Å²) in [4.78, 5) is 25.9. The summed E-state index contributed by atoms with van der Waals surface area (Å²) in [7, 11) is 4.55. The fraction of sp³-hybridized carbons (Fsp3) is 0.185. The van der Waals surface area contributed by atoms with Gasteiger partial charge in [-0.05, 0) is 47.5 Å². The number of methoxy groups -OCH3 is 3. The van der Waals surface area contributed by atoms with Crippen LogP contribution in [0.2, 0.25) is 0 Å². The van der Waals surface area contributed by atoms with Crippen molar-refractivity contribution in [1.29, 1.82) is 0 Å². The Morgan fingerprint density at radius 2 is 1.60 bits per heavy atom. The van der Waals surface area contributed by atoms with Crippen molar-refractivity contribution in [2.45, 2.75) is 12.3 Å². The van der Waals surface area contributed by atoms with Crippen molar-refractivity contribution in [3.05, 3.63) is 76.1 Å². The molecular formula is C27H22O8. The number of rotatable bonds is 5. The highest BCUT2D eigenvalue weighted by atomic mass is 16.5. The average Bonchev–Trinajstić information content (AvgIpc) is 2.87. The molecule has 1 aliphatic rings. The number of benzene rings is 3. The zero-order valence-corrected chi connectivity index (χ0v) is 19.3. The molecule has 1 unspecified atom stereocenters. The van der Waals surface area contributed by atoms with E-state index >= 15 is 0 Å². The minimum Gasteiger partial charge on any atom is -0.508 e. The lowest BCUT2D eigenvalue weighted by molar-refractivity contribution is -0.135. The fourth-order valence-corrected chi connectivity index (χ4v) is 4.48. The second-order valence-corrected chi connectivity index (χ2v) is 8.07. The van der Waals surface area contributed by atoms with Crippen molar-refractivity contribution >= 4 is 16.9 Å². The summed E-state index contributed by atoms with van der Waals surface area (Å²) in [6.07, 6.45) is 1.42. The zero-order chi connectivity index (χ0) is 24.7. The highest BCUT2D eigenvalue weighted by Crippen LogP contribution is 2.47. The van der Waals surface area contributed by atoms with Crippen LogP contribution in [0.1, 0.15) is 23.5 Å². The molecule has 5 rings (SSSR count). The van der Waals surface area contributed by atoms with E-state index in [-0.39, 0.29) is 17.6 Å². The number of fused-ring (bicyclic) bond motifs is 3. The van der Waals surface area contributed by atoms with Gasteiger partial charge in [-0.1, -0.05) is 12.1 Å². The van der Waals surface area contributed by atoms with Gasteiger partial charge in [0.15, 0.2) is 11.5 Å². The van der Waals surface area contributed by atoms with Gasteiger partial charge in [-0.3, -0.25) is 9.59 Å². The van der Waals surface area contributed by atoms with E-state index in [4.69, 9.17) is 23.4 Å². The number of hydrogen-bond donors (Lipinski definition) is 1. The molecular weight excluding hydrogens is 452 g/mol. The topological polar surface area (TPSA) is 104 Å². The van der Waals surface area contributed by atoms with Crippen LogP contribution in [0.15, 0.2) is 64.0 Å². The first kappa shape index (κ1) is 22.3. The maximum Gasteiger partial charge on any atom is 0.312 e. The van der Waals surface area contributed by atoms with Crippen LogP contribution >= 0.6 is 0 Å². The minimum atomic E-state index is -0.480. The first-order valence-electron chi connectivity index (χ1n) is 10.8. The van der Waals surface area contributed by atoms with Gasteiger partial charge in [-0.15, -0.1) is 0 Å². The summed E-state index contributed by atoms with van der Waals surface area (Å²) in [5.74, 6) is 0.860. The Kier molecular flexibility index (Phi) is 5.56. The zero-order valence-electron chi connectivity index (χ0n) is 19.3. The molecule has 0 radical (unpaired) electrons. The number of esters is 1. The molecule has 178 valence electrons. The second kappa shape index (κ2) is 8.72. The Bertz CT molecular complexity index is 1480. The molecule has 2 heterocycles. The molecule has 1 N–H and O–H groups in total. The smallest absolute Gasteiger partial charge is 0.312 e. The lowest BCUT2D eigenvalue weighted by atomic mass is 9.84. The Morgan fingerprint density at radius 1 is 0.914 bits per heavy atom. The first-order valence-corrected chi connectivity index (χ1v) is 10.8. The van der Waals surface area contributed by atoms with Gasteiger partial charge in [0, 0.05) is 11.5 Å². The van der Waals surface area contributed by atoms with Crippen LogP contribution in [0, 0.1) is 0 Å². The Balaban J connectivity index is 1.73. The minimum absolute atomic E-state index is 0.0359. The number of aromatic hydroxyl groups is 1. The van der Waals surface area contributed by atoms with Crippen LogP contribution < -0.4 is 24.4 Å². The lowest BCUT2D eigenvalue weighted by Gasteiger charge is -2.26. The van der Waals surface area contributed by atoms with Crippen molar-refractivity contribution in [3.8, 4) is 39.9 Å². The third-order valence-corrected chi connectivity index (χ3v) is 6.15. The molecule has 0 saturated heterocycles. The van der Waals surface area contributed by atoms with E-state index in [2.05, 4.69) is 0 Å². The number of ether oxygens (including phenoxy) is 4. The SMILES string of the molecule is COc1cc(C2CC(=O)Oc3ccc4c(=O)c(-c5ccc(O)cc5)coc4c32)cc(OC)c1OC. The Labute approximate surface area is 200 Å². The van der Waals surface area contributed by atoms with Crippen molar-refractivity contribution in [3.63, 3.8) is 0 Å². The second-order valence-electron chi connectivity index (χ2n) is 8.07. The van der Waals surface area contributed by atoms with Crippen LogP contribution in [0.5, 0.6) is 28.7 Å². The van der Waals surface area contributed by atoms with E-state index in [0.29, 0.717) is 50.7 Å². The molecule has 0 saturated carbocycles. The summed E-state index contributed by atoms with van der Waals surface area (Å²) in [5, 5.41) is 9.93. The standard InChI is InChI=1S/C27H22O8/c1-31-21-10-15(11-22(32-2)27(21)33-3)18-12-23(29)35-20-9-8-17-25(30)19(13-34-26(17)24(18)20)14-4-6-16(28)7-5-14/h4-11,13,18,28H,12H2,1-3H3. The summed E-state index contributed by atoms with van der Waals surface area (Å²) >= 11 is 0. The molecule has 0 spiro atoms. The Hall–Kier alpha value is -4.46. The summed E-state index contributed by atoms with van der Waals surface area (Å²) in [5.41, 5.74) is 2.38. The number of carbonyl (C=O) groups is 1. The molecule has 3 aromatic carbocycles. The van der Waals surface area contributed by atoms with Gasteiger partial charge in [0.25, 0.3) is 0 Å². The average molecular weight is 474 g/mol. The lowest BCUT2D eigenvalue weighted by Crippen LogP contribution is -2.22. The van der Waals surface area contributed by atoms with Crippen LogP contribution in [0.25, 0.3) is 22.1 Å². The van der Waals surface area contributed by atoms with E-state index in [1.807, 2.05) is 0 Å². The number of phenolic OH excluding ortho intramolecular Hbond substituents is 1. The summed E-state index contributed by atoms with van der Waals surface area (Å²) in [6.45, 7) is 0. The Morgan fingerprint density at radius 3 is 2.23 bits per heavy atom. The summed E-state index contributed by atoms with van der Waals surface area (Å²) < 4.78 is 27.9. The van der Waals surface area contributed by atoms with Crippen LogP contribution in [0.4, 0.5) is 0 Å². The van der Waals surface area contributed by atoms with Gasteiger partial charge >= 0.3 is 5.97 Å². The molecule has 35 heavy (non-hydrogen) atoms. The number of hydrogen-bond acceptors (Lipinski definition) is 8. The van der Waals surface area contributed by atoms with Gasteiger partial charge in [-0.25, -0.2) is 0 Å². The molecule has 0 fully saturated rings. The quantitative estimate of drug-likeness (QED) is 0.330. The van der Waals surface area contributed by atoms with Gasteiger partial charge in [-0.2, -0.15) is 0 Å². The fourth-order valence-electron chi connectivity index (χ4n) is 4.48. The van der Waals surface area contributed by atoms with Crippen molar-refractivity contribution in [2.75, 3.05) is 21.3 Å². The molecule has 1 aliphatic heterocycles. The predicted molar refractivity (Wildman–Crippen MR) is 128 cm³/mol. The van der Waals surface area contributed by atoms with Crippen LogP contribution in [-0.4, -0.2) is 32.4 Å². The van der Waals surface area contributed by atoms with E-state index in [1.54, 1.807) is 36.4 Å². The maximum absolute atomic E-state index is 13.4. The first-order chi connectivity index (χ1) is 16.9. The molecule has 8 heteroatoms. The molecule has 8 nitrogen and oxygen atoms in total. The molecule has 0 amide bonds. The van der Waals surface area contributed by atoms with E-state index < -0.39 is 11.9 Å². The normalized spacial score (nSPS) is 14.8. The third-order valence-electron chi connectivity index (χ3n) is 6.15. The van der Waals surface area contributed by atoms with E-state index in [0.717, 1.165) is 5.56 Å². The van der Waals surface area contributed by atoms with Crippen molar-refractivity contribution in [1.82, 2.24) is 0 Å². The van der Waals surface area contributed by atoms with Gasteiger partial charge < -0.3 is 28.5 Å². The highest BCUT2D eigenvalue weighted by Gasteiger charge is 2.33. The van der Waals surface area contributed by atoms with E-state index in [1.165, 1.54) is 39.7 Å².